The second-order valence-electron chi connectivity index (χ2n) is 24.9. The van der Waals surface area contributed by atoms with Crippen molar-refractivity contribution in [2.24, 2.45) is 0 Å². The highest BCUT2D eigenvalue weighted by Gasteiger charge is 2.95. The van der Waals surface area contributed by atoms with Crippen LogP contribution in [0.15, 0.2) is 0 Å². The molecule has 0 aliphatic carbocycles. The van der Waals surface area contributed by atoms with E-state index in [1.54, 1.807) is 0 Å². The predicted molar refractivity (Wildman–Crippen MR) is 235 cm³/mol. The lowest BCUT2D eigenvalue weighted by atomic mass is 10.2. The van der Waals surface area contributed by atoms with E-state index in [1.807, 2.05) is 0 Å². The lowest BCUT2D eigenvalue weighted by Crippen LogP contribution is -3.13. The maximum Gasteiger partial charge on any atom is 0.224 e. The first-order valence-electron chi connectivity index (χ1n) is 18.8. The Labute approximate surface area is 304 Å². The Morgan fingerprint density at radius 1 is 0.426 bits per heavy atom. The van der Waals surface area contributed by atoms with E-state index >= 15 is 0 Å². The number of aliphatic hydroxyl groups excluding tert-OH is 1. The van der Waals surface area contributed by atoms with Gasteiger partial charge in [-0.2, -0.15) is 0 Å². The first kappa shape index (κ1) is 46.2. The summed E-state index contributed by atoms with van der Waals surface area (Å²) >= 11 is 0. The van der Waals surface area contributed by atoms with Crippen LogP contribution in [0.1, 0.15) is 166 Å². The van der Waals surface area contributed by atoms with Crippen LogP contribution in [0.4, 0.5) is 0 Å². The summed E-state index contributed by atoms with van der Waals surface area (Å²) in [5.74, 6) is 0. The molecule has 0 fully saturated rings. The molecule has 1 heterocycles. The molecule has 9 heteroatoms. The summed E-state index contributed by atoms with van der Waals surface area (Å²) in [4.78, 5) is 1.06. The second-order valence-corrected chi connectivity index (χ2v) is 91.6. The minimum atomic E-state index is -3.01. The van der Waals surface area contributed by atoms with Crippen molar-refractivity contribution in [3.05, 3.63) is 0 Å². The molecule has 1 unspecified atom stereocenters. The zero-order valence-electron chi connectivity index (χ0n) is 37.9. The van der Waals surface area contributed by atoms with E-state index in [2.05, 4.69) is 199 Å². The van der Waals surface area contributed by atoms with Crippen molar-refractivity contribution in [3.63, 3.8) is 0 Å². The molecule has 0 aromatic carbocycles. The molecule has 1 N–H and O–H groups in total. The van der Waals surface area contributed by atoms with Crippen LogP contribution in [0.3, 0.4) is 0 Å². The maximum atomic E-state index is 14.1. The molecule has 0 bridgehead atoms. The summed E-state index contributed by atoms with van der Waals surface area (Å²) in [5.41, 5.74) is 0. The smallest absolute Gasteiger partial charge is 0.224 e. The summed E-state index contributed by atoms with van der Waals surface area (Å²) < 4.78 is 7.94. The van der Waals surface area contributed by atoms with Gasteiger partial charge in [-0.3, -0.25) is 0 Å². The molecule has 0 aromatic rings. The number of rotatable bonds is 5. The highest BCUT2D eigenvalue weighted by Crippen LogP contribution is 2.74. The van der Waals surface area contributed by atoms with Gasteiger partial charge in [0.25, 0.3) is 0 Å². The largest absolute Gasteiger partial charge is 0.521 e. The van der Waals surface area contributed by atoms with E-state index in [9.17, 15) is 5.11 Å². The molecule has 0 aromatic heterocycles. The fraction of sp³-hybridized carbons (Fsp3) is 0.974. The fourth-order valence-corrected chi connectivity index (χ4v) is 294. The van der Waals surface area contributed by atoms with Gasteiger partial charge < -0.3 is 9.53 Å². The molecule has 280 valence electrons. The van der Waals surface area contributed by atoms with Crippen LogP contribution in [-0.4, -0.2) is 68.5 Å². The van der Waals surface area contributed by atoms with Crippen LogP contribution in [0.25, 0.3) is 0 Å². The molecule has 0 radical (unpaired) electrons. The first-order chi connectivity index (χ1) is 19.8. The van der Waals surface area contributed by atoms with Gasteiger partial charge in [-0.15, -0.1) is 0 Å². The van der Waals surface area contributed by atoms with Gasteiger partial charge in [-0.1, -0.05) is 192 Å². The molecule has 0 saturated heterocycles. The van der Waals surface area contributed by atoms with Gasteiger partial charge in [0.05, 0.1) is 41.5 Å². The minimum absolute atomic E-state index is 0.0741. The average molecular weight is 774 g/mol. The number of aliphatic hydroxyl groups is 1. The SMILES string of the molecule is CO[Si]1([Si](C)(C(C)(C)C)C(C)(C)C)C(O)=[Si]([Si](C)(C(C)(C)C)C(C)(C)C)[Si]1([Si](C)(C(C)(C)C)C(C)(C)C)[Si](C)(C(C)(C)C)C(C)(C)C. The molecule has 0 saturated carbocycles. The summed E-state index contributed by atoms with van der Waals surface area (Å²) in [6.45, 7) is 74.5. The second kappa shape index (κ2) is 11.8. The molecular weight excluding hydrogens is 685 g/mol. The summed E-state index contributed by atoms with van der Waals surface area (Å²) in [5, 5.41) is 15.2. The van der Waals surface area contributed by atoms with Crippen LogP contribution in [-0.2, 0) is 4.43 Å². The van der Waals surface area contributed by atoms with Crippen molar-refractivity contribution in [2.75, 3.05) is 7.11 Å². The van der Waals surface area contributed by atoms with Gasteiger partial charge in [-0.25, -0.2) is 0 Å². The van der Waals surface area contributed by atoms with Gasteiger partial charge in [0.1, 0.15) is 0 Å². The average Bonchev–Trinajstić information content (AvgIpc) is 2.75. The molecule has 1 atom stereocenters. The molecule has 1 aliphatic rings. The van der Waals surface area contributed by atoms with Crippen LogP contribution in [0.2, 0.25) is 66.5 Å². The van der Waals surface area contributed by atoms with Gasteiger partial charge in [-0.05, 0) is 40.3 Å². The lowest BCUT2D eigenvalue weighted by molar-refractivity contribution is 0.418. The highest BCUT2D eigenvalue weighted by molar-refractivity contribution is 8.24. The fourth-order valence-electron chi connectivity index (χ4n) is 12.6. The van der Waals surface area contributed by atoms with Gasteiger partial charge in [0.2, 0.25) is 7.35 Å². The Morgan fingerprint density at radius 3 is 0.787 bits per heavy atom. The van der Waals surface area contributed by atoms with Gasteiger partial charge in [0, 0.05) is 14.6 Å². The van der Waals surface area contributed by atoms with E-state index in [1.165, 1.54) is 0 Å². The third-order valence-corrected chi connectivity index (χ3v) is 170. The van der Waals surface area contributed by atoms with Crippen molar-refractivity contribution in [2.45, 2.75) is 233 Å². The van der Waals surface area contributed by atoms with Crippen molar-refractivity contribution < 1.29 is 9.53 Å². The molecule has 1 aliphatic heterocycles. The third-order valence-electron chi connectivity index (χ3n) is 16.5. The molecule has 1 rings (SSSR count). The van der Waals surface area contributed by atoms with E-state index in [-0.39, 0.29) is 40.3 Å². The Morgan fingerprint density at radius 2 is 0.638 bits per heavy atom. The lowest BCUT2D eigenvalue weighted by Gasteiger charge is -2.83. The number of hydrogen-bond donors (Lipinski definition) is 1. The van der Waals surface area contributed by atoms with E-state index < -0.39 is 51.3 Å². The van der Waals surface area contributed by atoms with Crippen molar-refractivity contribution >= 4 is 56.3 Å². The summed E-state index contributed by atoms with van der Waals surface area (Å²) in [7, 11) is -11.8. The molecular formula is C38H88O2Si7. The minimum Gasteiger partial charge on any atom is -0.521 e. The Kier molecular flexibility index (Phi) is 11.6. The van der Waals surface area contributed by atoms with E-state index in [0.29, 0.717) is 0 Å². The standard InChI is InChI=1S/C38H88O2Si7/c1-31(2,3)42(26,32(4,5)6)41-30(39)46(40-25,43(27,33(7,8)9)34(10,11)12)47(41,44(28,35(13,14)15)36(16,17)18)45(29,37(19,20)21)38(22,23)24/h39H,1-29H3. The van der Waals surface area contributed by atoms with Gasteiger partial charge in [0.15, 0.2) is 0 Å². The molecule has 2 nitrogen and oxygen atoms in total. The Balaban J connectivity index is 5.71. The highest BCUT2D eigenvalue weighted by atomic mass is 30.3. The van der Waals surface area contributed by atoms with Crippen LogP contribution >= 0.6 is 0 Å². The molecule has 0 amide bonds. The van der Waals surface area contributed by atoms with Crippen LogP contribution in [0, 0.1) is 0 Å². The van der Waals surface area contributed by atoms with Crippen LogP contribution in [0.5, 0.6) is 0 Å². The topological polar surface area (TPSA) is 29.5 Å². The Bertz CT molecular complexity index is 1120. The monoisotopic (exact) mass is 773 g/mol. The zero-order chi connectivity index (χ0) is 38.9. The van der Waals surface area contributed by atoms with E-state index in [4.69, 9.17) is 4.43 Å². The van der Waals surface area contributed by atoms with Gasteiger partial charge >= 0.3 is 0 Å². The third kappa shape index (κ3) is 5.34. The first-order valence-corrected chi connectivity index (χ1v) is 40.2. The quantitative estimate of drug-likeness (QED) is 0.282. The van der Waals surface area contributed by atoms with Crippen LogP contribution < -0.4 is 0 Å². The van der Waals surface area contributed by atoms with Crippen molar-refractivity contribution in [1.29, 1.82) is 0 Å². The van der Waals surface area contributed by atoms with Crippen molar-refractivity contribution in [3.8, 4) is 0 Å². The predicted octanol–water partition coefficient (Wildman–Crippen LogP) is 13.3. The molecule has 47 heavy (non-hydrogen) atoms. The Hall–Kier alpha value is 1.15. The zero-order valence-corrected chi connectivity index (χ0v) is 44.9. The van der Waals surface area contributed by atoms with E-state index in [0.717, 1.165) is 4.98 Å². The van der Waals surface area contributed by atoms with Crippen molar-refractivity contribution in [1.82, 2.24) is 0 Å². The number of hydrogen-bond acceptors (Lipinski definition) is 2. The summed E-state index contributed by atoms with van der Waals surface area (Å²) in [6, 6.07) is 0. The normalized spacial score (nSPS) is 22.1. The summed E-state index contributed by atoms with van der Waals surface area (Å²) in [6.07, 6.45) is -2.64. The molecule has 0 spiro atoms. The maximum absolute atomic E-state index is 14.1.